The van der Waals surface area contributed by atoms with Gasteiger partial charge >= 0.3 is 0 Å². The molecule has 1 aromatic carbocycles. The minimum absolute atomic E-state index is 0.0251. The smallest absolute Gasteiger partial charge is 0.234 e. The zero-order chi connectivity index (χ0) is 12.8. The van der Waals surface area contributed by atoms with Gasteiger partial charge in [-0.1, -0.05) is 6.07 Å². The van der Waals surface area contributed by atoms with Crippen LogP contribution in [0.3, 0.4) is 0 Å². The Morgan fingerprint density at radius 3 is 2.94 bits per heavy atom. The molecule has 98 valence electrons. The molecule has 0 bridgehead atoms. The number of hydrogen-bond acceptors (Lipinski definition) is 4. The highest BCUT2D eigenvalue weighted by Crippen LogP contribution is 2.22. The number of rotatable bonds is 4. The van der Waals surface area contributed by atoms with Crippen molar-refractivity contribution in [1.82, 2.24) is 0 Å². The van der Waals surface area contributed by atoms with E-state index in [1.54, 1.807) is 23.9 Å². The summed E-state index contributed by atoms with van der Waals surface area (Å²) in [6.07, 6.45) is 2.08. The lowest BCUT2D eigenvalue weighted by molar-refractivity contribution is -0.113. The lowest BCUT2D eigenvalue weighted by Gasteiger charge is -2.21. The van der Waals surface area contributed by atoms with Crippen LogP contribution in [0.5, 0.6) is 0 Å². The minimum Gasteiger partial charge on any atom is -0.399 e. The van der Waals surface area contributed by atoms with E-state index >= 15 is 0 Å². The first-order valence-corrected chi connectivity index (χ1v) is 7.13. The third-order valence-corrected chi connectivity index (χ3v) is 4.16. The Bertz CT molecular complexity index is 406. The van der Waals surface area contributed by atoms with E-state index in [2.05, 4.69) is 5.32 Å². The standard InChI is InChI=1S/C13H18N2O2S/c14-10-2-1-3-11(8-10)15-13(16)9-18-12-4-6-17-7-5-12/h1-3,8,12H,4-7,9,14H2,(H,15,16). The number of anilines is 2. The number of carbonyl (C=O) groups excluding carboxylic acids is 1. The summed E-state index contributed by atoms with van der Waals surface area (Å²) in [5, 5.41) is 3.40. The van der Waals surface area contributed by atoms with Crippen LogP contribution in [0.1, 0.15) is 12.8 Å². The molecular formula is C13H18N2O2S. The molecule has 0 unspecified atom stereocenters. The fraction of sp³-hybridized carbons (Fsp3) is 0.462. The first-order valence-electron chi connectivity index (χ1n) is 6.09. The number of carbonyl (C=O) groups is 1. The molecule has 0 radical (unpaired) electrons. The summed E-state index contributed by atoms with van der Waals surface area (Å²) in [5.41, 5.74) is 7.07. The van der Waals surface area contributed by atoms with E-state index in [4.69, 9.17) is 10.5 Å². The van der Waals surface area contributed by atoms with Gasteiger partial charge in [0.2, 0.25) is 5.91 Å². The molecule has 1 fully saturated rings. The minimum atomic E-state index is 0.0251. The van der Waals surface area contributed by atoms with Crippen LogP contribution in [-0.4, -0.2) is 30.1 Å². The summed E-state index contributed by atoms with van der Waals surface area (Å²) >= 11 is 1.71. The van der Waals surface area contributed by atoms with E-state index in [0.717, 1.165) is 31.7 Å². The quantitative estimate of drug-likeness (QED) is 0.819. The van der Waals surface area contributed by atoms with Crippen LogP contribution in [0.4, 0.5) is 11.4 Å². The third-order valence-electron chi connectivity index (χ3n) is 2.79. The highest BCUT2D eigenvalue weighted by Gasteiger charge is 2.15. The maximum absolute atomic E-state index is 11.8. The number of ether oxygens (including phenoxy) is 1. The monoisotopic (exact) mass is 266 g/mol. The summed E-state index contributed by atoms with van der Waals surface area (Å²) in [7, 11) is 0. The number of hydrogen-bond donors (Lipinski definition) is 2. The van der Waals surface area contributed by atoms with Crippen molar-refractivity contribution in [2.24, 2.45) is 0 Å². The van der Waals surface area contributed by atoms with Crippen molar-refractivity contribution in [2.75, 3.05) is 30.0 Å². The second-order valence-electron chi connectivity index (χ2n) is 4.30. The Morgan fingerprint density at radius 1 is 1.44 bits per heavy atom. The molecule has 1 aromatic rings. The van der Waals surface area contributed by atoms with Crippen LogP contribution in [0.2, 0.25) is 0 Å². The SMILES string of the molecule is Nc1cccc(NC(=O)CSC2CCOCC2)c1. The average molecular weight is 266 g/mol. The van der Waals surface area contributed by atoms with Gasteiger partial charge in [-0.05, 0) is 31.0 Å². The molecule has 2 rings (SSSR count). The second-order valence-corrected chi connectivity index (χ2v) is 5.59. The lowest BCUT2D eigenvalue weighted by atomic mass is 10.2. The predicted molar refractivity (Wildman–Crippen MR) is 75.8 cm³/mol. The number of nitrogens with two attached hydrogens (primary N) is 1. The number of nitrogens with one attached hydrogen (secondary N) is 1. The highest BCUT2D eigenvalue weighted by molar-refractivity contribution is 8.00. The molecule has 0 spiro atoms. The van der Waals surface area contributed by atoms with Crippen molar-refractivity contribution in [3.8, 4) is 0 Å². The molecule has 18 heavy (non-hydrogen) atoms. The van der Waals surface area contributed by atoms with Gasteiger partial charge in [0.1, 0.15) is 0 Å². The molecule has 0 aromatic heterocycles. The molecule has 1 saturated heterocycles. The molecule has 1 heterocycles. The van der Waals surface area contributed by atoms with Gasteiger partial charge < -0.3 is 15.8 Å². The van der Waals surface area contributed by atoms with Gasteiger partial charge in [-0.3, -0.25) is 4.79 Å². The molecule has 0 aliphatic carbocycles. The summed E-state index contributed by atoms with van der Waals surface area (Å²) in [4.78, 5) is 11.8. The summed E-state index contributed by atoms with van der Waals surface area (Å²) in [6, 6.07) is 7.23. The zero-order valence-electron chi connectivity index (χ0n) is 10.2. The first kappa shape index (κ1) is 13.2. The van der Waals surface area contributed by atoms with Gasteiger partial charge in [-0.25, -0.2) is 0 Å². The van der Waals surface area contributed by atoms with Crippen LogP contribution in [0, 0.1) is 0 Å². The van der Waals surface area contributed by atoms with Crippen molar-refractivity contribution in [1.29, 1.82) is 0 Å². The molecule has 1 aliphatic rings. The average Bonchev–Trinajstić information content (AvgIpc) is 2.38. The highest BCUT2D eigenvalue weighted by atomic mass is 32.2. The first-order chi connectivity index (χ1) is 8.74. The van der Waals surface area contributed by atoms with Gasteiger partial charge in [0.15, 0.2) is 0 Å². The van der Waals surface area contributed by atoms with Crippen LogP contribution in [0.15, 0.2) is 24.3 Å². The molecule has 0 atom stereocenters. The molecule has 4 nitrogen and oxygen atoms in total. The fourth-order valence-electron chi connectivity index (χ4n) is 1.85. The van der Waals surface area contributed by atoms with Crippen molar-refractivity contribution in [2.45, 2.75) is 18.1 Å². The summed E-state index contributed by atoms with van der Waals surface area (Å²) in [6.45, 7) is 1.63. The third kappa shape index (κ3) is 4.23. The van der Waals surface area contributed by atoms with E-state index in [9.17, 15) is 4.79 Å². The molecule has 0 saturated carbocycles. The van der Waals surface area contributed by atoms with Crippen LogP contribution in [-0.2, 0) is 9.53 Å². The van der Waals surface area contributed by atoms with E-state index in [1.807, 2.05) is 12.1 Å². The van der Waals surface area contributed by atoms with E-state index in [-0.39, 0.29) is 5.91 Å². The van der Waals surface area contributed by atoms with Crippen LogP contribution < -0.4 is 11.1 Å². The Kier molecular flexibility index (Phi) is 4.90. The van der Waals surface area contributed by atoms with Gasteiger partial charge in [0, 0.05) is 29.8 Å². The van der Waals surface area contributed by atoms with Gasteiger partial charge in [0.05, 0.1) is 5.75 Å². The fourth-order valence-corrected chi connectivity index (χ4v) is 2.83. The van der Waals surface area contributed by atoms with Crippen molar-refractivity contribution < 1.29 is 9.53 Å². The Hall–Kier alpha value is -1.20. The number of thioether (sulfide) groups is 1. The topological polar surface area (TPSA) is 64.3 Å². The number of amides is 1. The normalized spacial score (nSPS) is 16.4. The Labute approximate surface area is 111 Å². The molecule has 3 N–H and O–H groups in total. The van der Waals surface area contributed by atoms with Crippen LogP contribution >= 0.6 is 11.8 Å². The van der Waals surface area contributed by atoms with E-state index < -0.39 is 0 Å². The zero-order valence-corrected chi connectivity index (χ0v) is 11.0. The molecular weight excluding hydrogens is 248 g/mol. The molecule has 1 aliphatic heterocycles. The van der Waals surface area contributed by atoms with Crippen molar-refractivity contribution in [3.05, 3.63) is 24.3 Å². The molecule has 5 heteroatoms. The van der Waals surface area contributed by atoms with Crippen LogP contribution in [0.25, 0.3) is 0 Å². The van der Waals surface area contributed by atoms with Gasteiger partial charge in [-0.2, -0.15) is 0 Å². The maximum atomic E-state index is 11.8. The summed E-state index contributed by atoms with van der Waals surface area (Å²) in [5.74, 6) is 0.511. The number of nitrogen functional groups attached to an aromatic ring is 1. The predicted octanol–water partition coefficient (Wildman–Crippen LogP) is 2.12. The van der Waals surface area contributed by atoms with Crippen molar-refractivity contribution in [3.63, 3.8) is 0 Å². The lowest BCUT2D eigenvalue weighted by Crippen LogP contribution is -2.21. The van der Waals surface area contributed by atoms with E-state index in [1.165, 1.54) is 0 Å². The maximum Gasteiger partial charge on any atom is 0.234 e. The summed E-state index contributed by atoms with van der Waals surface area (Å²) < 4.78 is 5.29. The number of benzene rings is 1. The Morgan fingerprint density at radius 2 is 2.22 bits per heavy atom. The largest absolute Gasteiger partial charge is 0.399 e. The van der Waals surface area contributed by atoms with Crippen molar-refractivity contribution >= 4 is 29.0 Å². The second kappa shape index (κ2) is 6.66. The Balaban J connectivity index is 1.74. The van der Waals surface area contributed by atoms with Gasteiger partial charge in [0.25, 0.3) is 0 Å². The van der Waals surface area contributed by atoms with Gasteiger partial charge in [-0.15, -0.1) is 11.8 Å². The molecule has 1 amide bonds. The van der Waals surface area contributed by atoms with E-state index in [0.29, 0.717) is 16.7 Å².